The molecule has 0 spiro atoms. The fourth-order valence-electron chi connectivity index (χ4n) is 3.94. The number of benzene rings is 1. The molecule has 1 aromatic carbocycles. The van der Waals surface area contributed by atoms with Crippen LogP contribution in [0.4, 0.5) is 31.1 Å². The number of hydrogen-bond acceptors (Lipinski definition) is 3. The van der Waals surface area contributed by atoms with Gasteiger partial charge in [0.25, 0.3) is 12.0 Å². The van der Waals surface area contributed by atoms with E-state index in [9.17, 15) is 35.9 Å². The first-order valence-corrected chi connectivity index (χ1v) is 11.2. The predicted octanol–water partition coefficient (Wildman–Crippen LogP) is 6.44. The first kappa shape index (κ1) is 27.6. The molecule has 1 heterocycles. The maximum absolute atomic E-state index is 13.2. The Morgan fingerprint density at radius 1 is 1.12 bits per heavy atom. The van der Waals surface area contributed by atoms with Gasteiger partial charge < -0.3 is 14.5 Å². The van der Waals surface area contributed by atoms with Crippen molar-refractivity contribution in [2.45, 2.75) is 57.1 Å². The molecule has 1 saturated heterocycles. The van der Waals surface area contributed by atoms with E-state index in [1.165, 1.54) is 6.07 Å². The summed E-state index contributed by atoms with van der Waals surface area (Å²) < 4.78 is 80.6. The number of amides is 2. The van der Waals surface area contributed by atoms with Gasteiger partial charge in [0.2, 0.25) is 0 Å². The van der Waals surface area contributed by atoms with Crippen LogP contribution in [0.25, 0.3) is 0 Å². The van der Waals surface area contributed by atoms with Crippen LogP contribution in [0.5, 0.6) is 0 Å². The van der Waals surface area contributed by atoms with E-state index < -0.39 is 30.1 Å². The molecule has 0 N–H and O–H groups in total. The number of nitrogens with zero attached hydrogens (tertiary/aromatic N) is 2. The molecule has 186 valence electrons. The van der Waals surface area contributed by atoms with Gasteiger partial charge in [0.05, 0.1) is 0 Å². The Hall–Kier alpha value is -1.69. The van der Waals surface area contributed by atoms with E-state index in [0.29, 0.717) is 28.0 Å². The topological polar surface area (TPSA) is 49.9 Å². The molecule has 0 unspecified atom stereocenters. The molecule has 1 aromatic rings. The number of piperidine rings is 1. The highest BCUT2D eigenvalue weighted by atomic mass is 79.9. The predicted molar refractivity (Wildman–Crippen MR) is 112 cm³/mol. The molecule has 13 heteroatoms. The highest BCUT2D eigenvalue weighted by molar-refractivity contribution is 9.10. The average molecular weight is 568 g/mol. The number of ether oxygens (including phenoxy) is 1. The zero-order valence-corrected chi connectivity index (χ0v) is 20.0. The van der Waals surface area contributed by atoms with Crippen LogP contribution in [0.3, 0.4) is 0 Å². The number of likely N-dealkylation sites (tertiary alicyclic amines) is 1. The molecule has 5 nitrogen and oxygen atoms in total. The lowest BCUT2D eigenvalue weighted by Gasteiger charge is -2.48. The van der Waals surface area contributed by atoms with E-state index in [-0.39, 0.29) is 31.8 Å². The largest absolute Gasteiger partial charge is 0.434 e. The summed E-state index contributed by atoms with van der Waals surface area (Å²) in [5.41, 5.74) is -0.422. The van der Waals surface area contributed by atoms with Crippen molar-refractivity contribution < 1.29 is 40.7 Å². The van der Waals surface area contributed by atoms with E-state index >= 15 is 0 Å². The summed E-state index contributed by atoms with van der Waals surface area (Å²) in [6, 6.07) is 4.71. The van der Waals surface area contributed by atoms with Crippen molar-refractivity contribution in [1.82, 2.24) is 9.80 Å². The lowest BCUT2D eigenvalue weighted by molar-refractivity contribution is -0.308. The van der Waals surface area contributed by atoms with Crippen LogP contribution in [-0.4, -0.2) is 65.4 Å². The lowest BCUT2D eigenvalue weighted by atomic mass is 9.82. The minimum absolute atomic E-state index is 0.155. The lowest BCUT2D eigenvalue weighted by Crippen LogP contribution is -2.58. The summed E-state index contributed by atoms with van der Waals surface area (Å²) in [7, 11) is 0. The van der Waals surface area contributed by atoms with Crippen molar-refractivity contribution in [2.24, 2.45) is 0 Å². The number of halogens is 8. The molecule has 0 saturated carbocycles. The standard InChI is InChI=1S/C20H22BrClF6N2O3/c1-3-18(30(4-2)15(31)12-9-13(21)11-14(22)10-12)5-7-29(8-6-18)17(32)33-16(19(23,24)25)20(26,27)28/h9-11,16H,3-8H2,1-2H3. The number of carbonyl (C=O) groups is 2. The normalized spacial score (nSPS) is 16.6. The third kappa shape index (κ3) is 6.46. The van der Waals surface area contributed by atoms with Gasteiger partial charge in [-0.05, 0) is 44.4 Å². The third-order valence-electron chi connectivity index (χ3n) is 5.67. The number of rotatable bonds is 5. The Bertz CT molecular complexity index is 838. The van der Waals surface area contributed by atoms with Gasteiger partial charge in [0.15, 0.2) is 0 Å². The van der Waals surface area contributed by atoms with E-state index in [4.69, 9.17) is 11.6 Å². The van der Waals surface area contributed by atoms with Gasteiger partial charge >= 0.3 is 18.4 Å². The maximum atomic E-state index is 13.2. The quantitative estimate of drug-likeness (QED) is 0.385. The van der Waals surface area contributed by atoms with Crippen LogP contribution >= 0.6 is 27.5 Å². The molecule has 0 aliphatic carbocycles. The van der Waals surface area contributed by atoms with Crippen molar-refractivity contribution >= 4 is 39.5 Å². The van der Waals surface area contributed by atoms with Gasteiger partial charge in [0.1, 0.15) is 0 Å². The van der Waals surface area contributed by atoms with Crippen LogP contribution in [-0.2, 0) is 4.74 Å². The van der Waals surface area contributed by atoms with Gasteiger partial charge in [-0.1, -0.05) is 34.5 Å². The zero-order chi connectivity index (χ0) is 25.2. The Balaban J connectivity index is 2.17. The molecule has 2 amide bonds. The number of carbonyl (C=O) groups excluding carboxylic acids is 2. The molecule has 1 fully saturated rings. The zero-order valence-electron chi connectivity index (χ0n) is 17.7. The summed E-state index contributed by atoms with van der Waals surface area (Å²) in [6.45, 7) is 3.54. The van der Waals surface area contributed by atoms with Gasteiger partial charge in [-0.2, -0.15) is 26.3 Å². The molecule has 0 atom stereocenters. The molecule has 2 rings (SSSR count). The van der Waals surface area contributed by atoms with Crippen molar-refractivity contribution in [3.05, 3.63) is 33.3 Å². The van der Waals surface area contributed by atoms with E-state index in [1.807, 2.05) is 6.92 Å². The smallest absolute Gasteiger partial charge is 0.426 e. The van der Waals surface area contributed by atoms with E-state index in [1.54, 1.807) is 24.0 Å². The molecule has 33 heavy (non-hydrogen) atoms. The summed E-state index contributed by atoms with van der Waals surface area (Å²) in [5.74, 6) is -0.326. The van der Waals surface area contributed by atoms with Gasteiger partial charge in [-0.15, -0.1) is 0 Å². The molecule has 1 aliphatic heterocycles. The summed E-state index contributed by atoms with van der Waals surface area (Å²) >= 11 is 9.31. The van der Waals surface area contributed by atoms with Crippen LogP contribution in [0.15, 0.2) is 22.7 Å². The fourth-order valence-corrected chi connectivity index (χ4v) is 4.80. The summed E-state index contributed by atoms with van der Waals surface area (Å²) in [6.07, 6.45) is -16.7. The van der Waals surface area contributed by atoms with E-state index in [2.05, 4.69) is 20.7 Å². The molecule has 0 bridgehead atoms. The molecule has 0 radical (unpaired) electrons. The molecular weight excluding hydrogens is 546 g/mol. The Morgan fingerprint density at radius 2 is 1.67 bits per heavy atom. The van der Waals surface area contributed by atoms with Crippen molar-refractivity contribution in [3.63, 3.8) is 0 Å². The monoisotopic (exact) mass is 566 g/mol. The highest BCUT2D eigenvalue weighted by Crippen LogP contribution is 2.38. The fraction of sp³-hybridized carbons (Fsp3) is 0.600. The van der Waals surface area contributed by atoms with Crippen molar-refractivity contribution in [1.29, 1.82) is 0 Å². The Labute approximate surface area is 200 Å². The summed E-state index contributed by atoms with van der Waals surface area (Å²) in [5, 5.41) is 0.343. The first-order chi connectivity index (χ1) is 15.1. The summed E-state index contributed by atoms with van der Waals surface area (Å²) in [4.78, 5) is 27.7. The van der Waals surface area contributed by atoms with Crippen LogP contribution < -0.4 is 0 Å². The van der Waals surface area contributed by atoms with Gasteiger partial charge in [-0.3, -0.25) is 4.79 Å². The second kappa shape index (κ2) is 10.3. The number of hydrogen-bond donors (Lipinski definition) is 0. The first-order valence-electron chi connectivity index (χ1n) is 10.0. The molecular formula is C20H22BrClF6N2O3. The van der Waals surface area contributed by atoms with Gasteiger partial charge in [-0.25, -0.2) is 4.79 Å². The van der Waals surface area contributed by atoms with Crippen molar-refractivity contribution in [3.8, 4) is 0 Å². The van der Waals surface area contributed by atoms with Crippen LogP contribution in [0.1, 0.15) is 43.5 Å². The number of alkyl halides is 6. The second-order valence-electron chi connectivity index (χ2n) is 7.62. The highest BCUT2D eigenvalue weighted by Gasteiger charge is 2.60. The van der Waals surface area contributed by atoms with E-state index in [0.717, 1.165) is 4.90 Å². The SMILES string of the molecule is CCN(C(=O)c1cc(Cl)cc(Br)c1)C1(CC)CCN(C(=O)OC(C(F)(F)F)C(F)(F)F)CC1. The third-order valence-corrected chi connectivity index (χ3v) is 6.34. The maximum Gasteiger partial charge on any atom is 0.434 e. The molecule has 0 aromatic heterocycles. The minimum Gasteiger partial charge on any atom is -0.426 e. The molecule has 1 aliphatic rings. The Morgan fingerprint density at radius 3 is 2.09 bits per heavy atom. The van der Waals surface area contributed by atoms with Crippen molar-refractivity contribution in [2.75, 3.05) is 19.6 Å². The van der Waals surface area contributed by atoms with Crippen LogP contribution in [0.2, 0.25) is 5.02 Å². The van der Waals surface area contributed by atoms with Crippen LogP contribution in [0, 0.1) is 0 Å². The Kier molecular flexibility index (Phi) is 8.59. The average Bonchev–Trinajstić information content (AvgIpc) is 2.70. The minimum atomic E-state index is -5.78. The van der Waals surface area contributed by atoms with Gasteiger partial charge in [0, 0.05) is 40.2 Å². The second-order valence-corrected chi connectivity index (χ2v) is 8.97.